The molecule has 0 unspecified atom stereocenters. The molecule has 0 bridgehead atoms. The van der Waals surface area contributed by atoms with Crippen LogP contribution >= 0.6 is 24.0 Å². The Balaban J connectivity index is 0.00000529. The van der Waals surface area contributed by atoms with Crippen molar-refractivity contribution in [2.24, 2.45) is 4.99 Å². The van der Waals surface area contributed by atoms with Crippen LogP contribution in [0.5, 0.6) is 11.5 Å². The Bertz CT molecular complexity index is 636. The van der Waals surface area contributed by atoms with Gasteiger partial charge in [0.1, 0.15) is 0 Å². The van der Waals surface area contributed by atoms with Gasteiger partial charge in [0.15, 0.2) is 27.3 Å². The number of nitrogens with one attached hydrogen (secondary N) is 2. The molecule has 1 aromatic rings. The summed E-state index contributed by atoms with van der Waals surface area (Å²) >= 11 is 0. The van der Waals surface area contributed by atoms with Crippen molar-refractivity contribution in [3.05, 3.63) is 18.2 Å². The predicted octanol–water partition coefficient (Wildman–Crippen LogP) is 2.13. The van der Waals surface area contributed by atoms with E-state index in [0.717, 1.165) is 5.69 Å². The summed E-state index contributed by atoms with van der Waals surface area (Å²) in [5.41, 5.74) is 0.761. The van der Waals surface area contributed by atoms with E-state index >= 15 is 0 Å². The van der Waals surface area contributed by atoms with Gasteiger partial charge in [0.05, 0.1) is 19.5 Å². The van der Waals surface area contributed by atoms with Crippen LogP contribution in [0.2, 0.25) is 0 Å². The molecule has 0 aromatic heterocycles. The Kier molecular flexibility index (Phi) is 10.8. The molecule has 0 aliphatic rings. The Morgan fingerprint density at radius 1 is 1.25 bits per heavy atom. The molecule has 2 N–H and O–H groups in total. The number of benzene rings is 1. The number of halogens is 1. The van der Waals surface area contributed by atoms with Gasteiger partial charge >= 0.3 is 0 Å². The van der Waals surface area contributed by atoms with E-state index < -0.39 is 9.84 Å². The van der Waals surface area contributed by atoms with Crippen LogP contribution in [-0.4, -0.2) is 53.2 Å². The van der Waals surface area contributed by atoms with Crippen LogP contribution in [0.25, 0.3) is 0 Å². The lowest BCUT2D eigenvalue weighted by molar-refractivity contribution is 0.311. The fraction of sp³-hybridized carbons (Fsp3) is 0.533. The van der Waals surface area contributed by atoms with Crippen LogP contribution in [-0.2, 0) is 9.84 Å². The van der Waals surface area contributed by atoms with Gasteiger partial charge < -0.3 is 20.1 Å². The third-order valence-corrected chi connectivity index (χ3v) is 4.80. The zero-order valence-electron chi connectivity index (χ0n) is 14.5. The summed E-state index contributed by atoms with van der Waals surface area (Å²) in [6.45, 7) is 4.39. The summed E-state index contributed by atoms with van der Waals surface area (Å²) in [7, 11) is 0.194. The maximum atomic E-state index is 11.5. The van der Waals surface area contributed by atoms with Crippen molar-refractivity contribution in [3.63, 3.8) is 0 Å². The highest BCUT2D eigenvalue weighted by molar-refractivity contribution is 14.0. The van der Waals surface area contributed by atoms with Crippen molar-refractivity contribution in [1.82, 2.24) is 5.32 Å². The predicted molar refractivity (Wildman–Crippen MR) is 109 cm³/mol. The van der Waals surface area contributed by atoms with Crippen molar-refractivity contribution >= 4 is 45.5 Å². The van der Waals surface area contributed by atoms with Crippen LogP contribution in [0.1, 0.15) is 13.8 Å². The zero-order valence-corrected chi connectivity index (χ0v) is 17.6. The highest BCUT2D eigenvalue weighted by Gasteiger charge is 2.09. The van der Waals surface area contributed by atoms with Gasteiger partial charge in [0.2, 0.25) is 0 Å². The molecule has 7 nitrogen and oxygen atoms in total. The number of guanidine groups is 1. The number of sulfone groups is 1. The molecule has 0 aliphatic heterocycles. The summed E-state index contributed by atoms with van der Waals surface area (Å²) in [5.74, 6) is 1.97. The molecule has 0 saturated heterocycles. The minimum Gasteiger partial charge on any atom is -0.493 e. The van der Waals surface area contributed by atoms with E-state index in [1.807, 2.05) is 13.0 Å². The van der Waals surface area contributed by atoms with E-state index in [1.165, 1.54) is 0 Å². The molecule has 0 fully saturated rings. The molecule has 1 rings (SSSR count). The van der Waals surface area contributed by atoms with Gasteiger partial charge in [-0.3, -0.25) is 4.99 Å². The number of aliphatic imine (C=N–C) groups is 1. The first-order chi connectivity index (χ1) is 11.0. The van der Waals surface area contributed by atoms with Crippen LogP contribution in [0.4, 0.5) is 5.69 Å². The van der Waals surface area contributed by atoms with Crippen molar-refractivity contribution in [3.8, 4) is 11.5 Å². The SMILES string of the molecule is CCOc1ccc(NC(=NC)NCCS(=O)(=O)CC)cc1OC.I. The molecule has 0 radical (unpaired) electrons. The van der Waals surface area contributed by atoms with E-state index in [-0.39, 0.29) is 35.5 Å². The number of methoxy groups -OCH3 is 1. The molecule has 1 aromatic carbocycles. The first-order valence-corrected chi connectivity index (χ1v) is 9.26. The Morgan fingerprint density at radius 2 is 1.96 bits per heavy atom. The molecule has 0 aliphatic carbocycles. The fourth-order valence-electron chi connectivity index (χ4n) is 1.81. The number of hydrogen-bond donors (Lipinski definition) is 2. The molecule has 138 valence electrons. The van der Waals surface area contributed by atoms with Crippen LogP contribution < -0.4 is 20.1 Å². The van der Waals surface area contributed by atoms with Gasteiger partial charge in [-0.15, -0.1) is 24.0 Å². The lowest BCUT2D eigenvalue weighted by Crippen LogP contribution is -2.34. The standard InChI is InChI=1S/C15H25N3O4S.HI/c1-5-22-13-8-7-12(11-14(13)21-4)18-15(16-3)17-9-10-23(19,20)6-2;/h7-8,11H,5-6,9-10H2,1-4H3,(H2,16,17,18);1H. The van der Waals surface area contributed by atoms with Gasteiger partial charge in [-0.1, -0.05) is 6.92 Å². The van der Waals surface area contributed by atoms with Crippen molar-refractivity contribution in [2.45, 2.75) is 13.8 Å². The molecule has 0 amide bonds. The number of anilines is 1. The van der Waals surface area contributed by atoms with Gasteiger partial charge in [0, 0.05) is 31.1 Å². The second kappa shape index (κ2) is 11.3. The molecule has 24 heavy (non-hydrogen) atoms. The lowest BCUT2D eigenvalue weighted by Gasteiger charge is -2.14. The molecule has 0 spiro atoms. The van der Waals surface area contributed by atoms with Crippen LogP contribution in [0.15, 0.2) is 23.2 Å². The largest absolute Gasteiger partial charge is 0.493 e. The topological polar surface area (TPSA) is 89.0 Å². The van der Waals surface area contributed by atoms with E-state index in [4.69, 9.17) is 9.47 Å². The smallest absolute Gasteiger partial charge is 0.195 e. The third kappa shape index (κ3) is 7.56. The summed E-state index contributed by atoms with van der Waals surface area (Å²) in [6, 6.07) is 5.43. The quantitative estimate of drug-likeness (QED) is 0.343. The second-order valence-electron chi connectivity index (χ2n) is 4.66. The van der Waals surface area contributed by atoms with E-state index in [9.17, 15) is 8.42 Å². The van der Waals surface area contributed by atoms with Gasteiger partial charge in [-0.25, -0.2) is 8.42 Å². The van der Waals surface area contributed by atoms with Crippen molar-refractivity contribution in [1.29, 1.82) is 0 Å². The van der Waals surface area contributed by atoms with Crippen molar-refractivity contribution < 1.29 is 17.9 Å². The summed E-state index contributed by atoms with van der Waals surface area (Å²) in [6.07, 6.45) is 0. The molecule has 9 heteroatoms. The molecule has 0 heterocycles. The normalized spacial score (nSPS) is 11.4. The van der Waals surface area contributed by atoms with E-state index in [1.54, 1.807) is 33.2 Å². The van der Waals surface area contributed by atoms with Crippen LogP contribution in [0.3, 0.4) is 0 Å². The van der Waals surface area contributed by atoms with Crippen LogP contribution in [0, 0.1) is 0 Å². The number of nitrogens with zero attached hydrogens (tertiary/aromatic N) is 1. The Labute approximate surface area is 161 Å². The fourth-order valence-corrected chi connectivity index (χ4v) is 2.51. The Hall–Kier alpha value is -1.23. The summed E-state index contributed by atoms with van der Waals surface area (Å²) in [5, 5.41) is 6.06. The summed E-state index contributed by atoms with van der Waals surface area (Å²) < 4.78 is 33.7. The maximum absolute atomic E-state index is 11.5. The monoisotopic (exact) mass is 471 g/mol. The zero-order chi connectivity index (χ0) is 17.3. The third-order valence-electron chi connectivity index (χ3n) is 3.10. The number of hydrogen-bond acceptors (Lipinski definition) is 5. The number of ether oxygens (including phenoxy) is 2. The average Bonchev–Trinajstić information content (AvgIpc) is 2.55. The minimum atomic E-state index is -3.00. The van der Waals surface area contributed by atoms with E-state index in [0.29, 0.717) is 30.6 Å². The average molecular weight is 471 g/mol. The lowest BCUT2D eigenvalue weighted by atomic mass is 10.2. The molecular weight excluding hydrogens is 445 g/mol. The first kappa shape index (κ1) is 22.8. The van der Waals surface area contributed by atoms with Gasteiger partial charge in [-0.2, -0.15) is 0 Å². The summed E-state index contributed by atoms with van der Waals surface area (Å²) in [4.78, 5) is 4.07. The minimum absolute atomic E-state index is 0. The molecule has 0 atom stereocenters. The van der Waals surface area contributed by atoms with Crippen molar-refractivity contribution in [2.75, 3.05) is 44.1 Å². The second-order valence-corrected chi connectivity index (χ2v) is 7.13. The highest BCUT2D eigenvalue weighted by Crippen LogP contribution is 2.30. The first-order valence-electron chi connectivity index (χ1n) is 7.44. The molecule has 0 saturated carbocycles. The van der Waals surface area contributed by atoms with Gasteiger partial charge in [-0.05, 0) is 19.1 Å². The Morgan fingerprint density at radius 3 is 2.50 bits per heavy atom. The van der Waals surface area contributed by atoms with Gasteiger partial charge in [0.25, 0.3) is 0 Å². The maximum Gasteiger partial charge on any atom is 0.195 e. The highest BCUT2D eigenvalue weighted by atomic mass is 127. The number of rotatable bonds is 8. The van der Waals surface area contributed by atoms with E-state index in [2.05, 4.69) is 15.6 Å². The molecular formula is C15H26IN3O4S.